The molecule has 1 aliphatic heterocycles. The average molecular weight is 336 g/mol. The Balaban J connectivity index is 1.94. The zero-order chi connectivity index (χ0) is 16.9. The number of amides is 1. The Hall–Kier alpha value is -1.74. The molecule has 1 fully saturated rings. The van der Waals surface area contributed by atoms with Crippen LogP contribution in [0.2, 0.25) is 0 Å². The van der Waals surface area contributed by atoms with Gasteiger partial charge in [-0.05, 0) is 31.2 Å². The van der Waals surface area contributed by atoms with Crippen LogP contribution >= 0.6 is 7.80 Å². The maximum Gasteiger partial charge on any atom is 0.381 e. The molecule has 124 valence electrons. The summed E-state index contributed by atoms with van der Waals surface area (Å²) in [7, 11) is -2.00. The number of carboxylic acid groups (broad SMARTS) is 1. The molecule has 5 nitrogen and oxygen atoms in total. The van der Waals surface area contributed by atoms with Gasteiger partial charge in [-0.2, -0.15) is 0 Å². The molecule has 1 unspecified atom stereocenters. The number of carboxylic acids is 1. The van der Waals surface area contributed by atoms with Crippen molar-refractivity contribution < 1.29 is 19.3 Å². The minimum Gasteiger partial charge on any atom is -0.476 e. The fourth-order valence-electron chi connectivity index (χ4n) is 3.22. The van der Waals surface area contributed by atoms with Crippen molar-refractivity contribution in [2.75, 3.05) is 12.7 Å². The number of likely N-dealkylation sites (tertiary alicyclic amines) is 1. The Bertz CT molecular complexity index is 590. The monoisotopic (exact) mass is 336 g/mol. The van der Waals surface area contributed by atoms with Crippen molar-refractivity contribution in [1.82, 2.24) is 4.90 Å². The minimum absolute atomic E-state index is 0.288. The standard InChI is InChI=1S/C17H22NO4P/c1-14(19)18-12-7-11-17(18,16(20)21)23(22)13-6-5-10-15-8-3-2-4-9-15/h2-4,8-9H,5-7,10-13H2,1H3/p+1/t17-/m1/s1. The number of hydrogen-bond donors (Lipinski definition) is 1. The van der Waals surface area contributed by atoms with E-state index in [1.165, 1.54) is 17.4 Å². The highest BCUT2D eigenvalue weighted by Crippen LogP contribution is 2.49. The van der Waals surface area contributed by atoms with E-state index >= 15 is 0 Å². The van der Waals surface area contributed by atoms with Crippen LogP contribution < -0.4 is 0 Å². The van der Waals surface area contributed by atoms with Crippen LogP contribution in [0, 0.1) is 0 Å². The Kier molecular flexibility index (Phi) is 5.89. The number of aliphatic carboxylic acids is 1. The van der Waals surface area contributed by atoms with E-state index in [4.69, 9.17) is 0 Å². The van der Waals surface area contributed by atoms with E-state index in [0.29, 0.717) is 25.5 Å². The van der Waals surface area contributed by atoms with Gasteiger partial charge in [0.25, 0.3) is 0 Å². The summed E-state index contributed by atoms with van der Waals surface area (Å²) in [6.45, 7) is 1.73. The van der Waals surface area contributed by atoms with E-state index in [0.717, 1.165) is 12.8 Å². The van der Waals surface area contributed by atoms with E-state index < -0.39 is 19.1 Å². The Morgan fingerprint density at radius 2 is 1.96 bits per heavy atom. The highest BCUT2D eigenvalue weighted by atomic mass is 31.1. The Morgan fingerprint density at radius 1 is 1.26 bits per heavy atom. The average Bonchev–Trinajstić information content (AvgIpc) is 2.99. The molecule has 0 bridgehead atoms. The molecule has 1 amide bonds. The number of nitrogens with zero attached hydrogens (tertiary/aromatic N) is 1. The molecular weight excluding hydrogens is 313 g/mol. The molecule has 2 rings (SSSR count). The summed E-state index contributed by atoms with van der Waals surface area (Å²) >= 11 is 0. The van der Waals surface area contributed by atoms with E-state index in [-0.39, 0.29) is 12.3 Å². The smallest absolute Gasteiger partial charge is 0.381 e. The topological polar surface area (TPSA) is 74.7 Å². The van der Waals surface area contributed by atoms with E-state index in [2.05, 4.69) is 0 Å². The third-order valence-corrected chi connectivity index (χ3v) is 6.61. The second-order valence-electron chi connectivity index (χ2n) is 5.94. The largest absolute Gasteiger partial charge is 0.476 e. The van der Waals surface area contributed by atoms with Crippen LogP contribution in [0.4, 0.5) is 0 Å². The number of unbranched alkanes of at least 4 members (excludes halogenated alkanes) is 1. The van der Waals surface area contributed by atoms with Crippen LogP contribution in [-0.2, 0) is 20.6 Å². The van der Waals surface area contributed by atoms with Crippen molar-refractivity contribution in [2.45, 2.75) is 44.3 Å². The lowest BCUT2D eigenvalue weighted by Gasteiger charge is -2.25. The number of aryl methyl sites for hydroxylation is 1. The second-order valence-corrected chi connectivity index (χ2v) is 7.88. The van der Waals surface area contributed by atoms with E-state index in [1.54, 1.807) is 0 Å². The molecule has 0 spiro atoms. The lowest BCUT2D eigenvalue weighted by molar-refractivity contribution is -0.150. The summed E-state index contributed by atoms with van der Waals surface area (Å²) in [6, 6.07) is 10.0. The number of carbonyl (C=O) groups excluding carboxylic acids is 1. The van der Waals surface area contributed by atoms with Crippen LogP contribution in [0.15, 0.2) is 30.3 Å². The first-order valence-electron chi connectivity index (χ1n) is 7.99. The number of benzene rings is 1. The fourth-order valence-corrected chi connectivity index (χ4v) is 5.24. The van der Waals surface area contributed by atoms with E-state index in [9.17, 15) is 19.3 Å². The zero-order valence-corrected chi connectivity index (χ0v) is 14.3. The third kappa shape index (κ3) is 3.78. The summed E-state index contributed by atoms with van der Waals surface area (Å²) in [5.41, 5.74) is 1.22. The fraction of sp³-hybridized carbons (Fsp3) is 0.529. The quantitative estimate of drug-likeness (QED) is 0.612. The molecule has 1 aromatic carbocycles. The predicted molar refractivity (Wildman–Crippen MR) is 88.8 cm³/mol. The summed E-state index contributed by atoms with van der Waals surface area (Å²) < 4.78 is 12.7. The molecule has 0 radical (unpaired) electrons. The maximum absolute atomic E-state index is 12.7. The highest BCUT2D eigenvalue weighted by molar-refractivity contribution is 7.47. The summed E-state index contributed by atoms with van der Waals surface area (Å²) in [4.78, 5) is 24.8. The molecule has 0 aliphatic carbocycles. The van der Waals surface area contributed by atoms with Crippen LogP contribution in [0.25, 0.3) is 0 Å². The summed E-state index contributed by atoms with van der Waals surface area (Å²) in [5, 5.41) is 8.12. The first-order chi connectivity index (χ1) is 11.0. The molecule has 1 saturated heterocycles. The van der Waals surface area contributed by atoms with Crippen LogP contribution in [0.1, 0.15) is 38.2 Å². The van der Waals surface area contributed by atoms with Crippen molar-refractivity contribution in [1.29, 1.82) is 0 Å². The van der Waals surface area contributed by atoms with Gasteiger partial charge < -0.3 is 5.11 Å². The molecule has 2 atom stereocenters. The number of hydrogen-bond acceptors (Lipinski definition) is 3. The number of rotatable bonds is 7. The van der Waals surface area contributed by atoms with Gasteiger partial charge in [0.2, 0.25) is 5.91 Å². The molecule has 23 heavy (non-hydrogen) atoms. The van der Waals surface area contributed by atoms with Crippen molar-refractivity contribution in [3.63, 3.8) is 0 Å². The van der Waals surface area contributed by atoms with Gasteiger partial charge >= 0.3 is 19.1 Å². The van der Waals surface area contributed by atoms with Gasteiger partial charge in [0.05, 0.1) is 0 Å². The van der Waals surface area contributed by atoms with Crippen molar-refractivity contribution in [3.05, 3.63) is 35.9 Å². The maximum atomic E-state index is 12.7. The van der Waals surface area contributed by atoms with Gasteiger partial charge in [0.1, 0.15) is 6.16 Å². The van der Waals surface area contributed by atoms with Gasteiger partial charge in [-0.1, -0.05) is 34.9 Å². The van der Waals surface area contributed by atoms with E-state index in [1.807, 2.05) is 30.3 Å². The predicted octanol–water partition coefficient (Wildman–Crippen LogP) is 3.26. The van der Waals surface area contributed by atoms with Crippen molar-refractivity contribution in [2.24, 2.45) is 0 Å². The summed E-state index contributed by atoms with van der Waals surface area (Å²) in [6.07, 6.45) is 3.68. The molecule has 1 aromatic rings. The summed E-state index contributed by atoms with van der Waals surface area (Å²) in [5.74, 6) is -1.44. The lowest BCUT2D eigenvalue weighted by atomic mass is 10.1. The number of carbonyl (C=O) groups is 2. The second kappa shape index (κ2) is 7.69. The van der Waals surface area contributed by atoms with Gasteiger partial charge in [0, 0.05) is 19.9 Å². The van der Waals surface area contributed by atoms with Gasteiger partial charge in [-0.3, -0.25) is 9.69 Å². The zero-order valence-electron chi connectivity index (χ0n) is 13.4. The first-order valence-corrected chi connectivity index (χ1v) is 9.43. The molecule has 0 saturated carbocycles. The van der Waals surface area contributed by atoms with Crippen LogP contribution in [-0.4, -0.2) is 39.9 Å². The molecule has 0 aromatic heterocycles. The highest BCUT2D eigenvalue weighted by Gasteiger charge is 2.63. The van der Waals surface area contributed by atoms with Crippen LogP contribution in [0.3, 0.4) is 0 Å². The first kappa shape index (κ1) is 17.6. The molecule has 1 N–H and O–H groups in total. The molecule has 1 heterocycles. The van der Waals surface area contributed by atoms with Gasteiger partial charge in [-0.25, -0.2) is 4.79 Å². The van der Waals surface area contributed by atoms with Crippen LogP contribution in [0.5, 0.6) is 0 Å². The normalized spacial score (nSPS) is 21.3. The molecule has 6 heteroatoms. The van der Waals surface area contributed by atoms with Gasteiger partial charge in [0.15, 0.2) is 0 Å². The van der Waals surface area contributed by atoms with Crippen molar-refractivity contribution in [3.8, 4) is 0 Å². The third-order valence-electron chi connectivity index (χ3n) is 4.41. The molecular formula is C17H23NO4P+. The Morgan fingerprint density at radius 3 is 2.57 bits per heavy atom. The SMILES string of the molecule is CC(=O)N1CCC[C@]1(C(=O)O)[P+](=O)CCCCc1ccccc1. The molecule has 1 aliphatic rings. The lowest BCUT2D eigenvalue weighted by Crippen LogP contribution is -2.50. The minimum atomic E-state index is -2.00. The van der Waals surface area contributed by atoms with Gasteiger partial charge in [-0.15, -0.1) is 0 Å². The Labute approximate surface area is 137 Å². The van der Waals surface area contributed by atoms with Crippen molar-refractivity contribution >= 4 is 19.7 Å².